The Bertz CT molecular complexity index is 1770. The molecule has 0 aliphatic heterocycles. The summed E-state index contributed by atoms with van der Waals surface area (Å²) < 4.78 is 0. The smallest absolute Gasteiger partial charge is 1.00 e. The van der Waals surface area contributed by atoms with Crippen molar-refractivity contribution in [3.8, 4) is 22.3 Å². The van der Waals surface area contributed by atoms with Gasteiger partial charge in [-0.3, -0.25) is 0 Å². The van der Waals surface area contributed by atoms with Crippen molar-refractivity contribution < 1.29 is 46.5 Å². The van der Waals surface area contributed by atoms with E-state index in [-0.39, 0.29) is 62.4 Å². The fourth-order valence-corrected chi connectivity index (χ4v) is 13.4. The molecule has 0 unspecified atom stereocenters. The average molecular weight is 902 g/mol. The van der Waals surface area contributed by atoms with E-state index in [1.54, 1.807) is 10.6 Å². The molecular formula is C54H72Cl2P2Ti. The number of hydrogen-bond donors (Lipinski definition) is 0. The van der Waals surface area contributed by atoms with Gasteiger partial charge >= 0.3 is 21.7 Å². The van der Waals surface area contributed by atoms with E-state index in [0.29, 0.717) is 0 Å². The first-order chi connectivity index (χ1) is 27.7. The molecule has 0 nitrogen and oxygen atoms in total. The van der Waals surface area contributed by atoms with E-state index < -0.39 is 0 Å². The topological polar surface area (TPSA) is 0 Å². The van der Waals surface area contributed by atoms with Crippen LogP contribution in [0.15, 0.2) is 121 Å². The molecule has 0 fully saturated rings. The summed E-state index contributed by atoms with van der Waals surface area (Å²) in [6.07, 6.45) is 27.8. The van der Waals surface area contributed by atoms with Gasteiger partial charge in [0.1, 0.15) is 0 Å². The zero-order valence-corrected chi connectivity index (χ0v) is 41.7. The van der Waals surface area contributed by atoms with Gasteiger partial charge in [0.05, 0.1) is 0 Å². The van der Waals surface area contributed by atoms with Gasteiger partial charge in [0.15, 0.2) is 0 Å². The van der Waals surface area contributed by atoms with E-state index in [1.165, 1.54) is 171 Å². The van der Waals surface area contributed by atoms with Crippen LogP contribution < -0.4 is 35.4 Å². The van der Waals surface area contributed by atoms with E-state index in [1.807, 2.05) is 0 Å². The molecule has 0 radical (unpaired) electrons. The molecule has 6 aromatic carbocycles. The standard InChI is InChI=1S/2C27H36P.2ClH.Ti/c2*1-3-5-7-12-19-28(20-13-8-6-4-2)25-21-24-17-14-18-26(27(24)22-25)23-15-10-9-11-16-23;;;/h2*9-11,14-18,21-22H,3-8,12-13,19-20H2,1-2H3;2*1H;/q2*-1;;;+4/p-2. The number of unbranched alkanes of at least 4 members (excludes halogenated alkanes) is 12. The van der Waals surface area contributed by atoms with Gasteiger partial charge in [-0.2, -0.15) is 12.1 Å². The second-order valence-corrected chi connectivity index (χ2v) is 21.0. The molecule has 5 heteroatoms. The summed E-state index contributed by atoms with van der Waals surface area (Å²) in [6, 6.07) is 45.4. The first-order valence-corrected chi connectivity index (χ1v) is 26.1. The molecule has 0 aliphatic rings. The van der Waals surface area contributed by atoms with Gasteiger partial charge in [0.25, 0.3) is 0 Å². The van der Waals surface area contributed by atoms with E-state index in [4.69, 9.17) is 0 Å². The summed E-state index contributed by atoms with van der Waals surface area (Å²) in [6.45, 7) is 9.23. The zero-order valence-electron chi connectivity index (χ0n) is 36.8. The Morgan fingerprint density at radius 2 is 0.695 bits per heavy atom. The first-order valence-electron chi connectivity index (χ1n) is 22.7. The molecular weight excluding hydrogens is 829 g/mol. The van der Waals surface area contributed by atoms with Crippen LogP contribution in [-0.2, 0) is 21.7 Å². The molecule has 316 valence electrons. The number of halogens is 2. The van der Waals surface area contributed by atoms with Gasteiger partial charge in [-0.05, 0) is 61.5 Å². The molecule has 0 saturated heterocycles. The van der Waals surface area contributed by atoms with Crippen LogP contribution >= 0.6 is 15.8 Å². The number of benzene rings is 4. The first kappa shape index (κ1) is 53.4. The van der Waals surface area contributed by atoms with Crippen molar-refractivity contribution in [3.63, 3.8) is 0 Å². The van der Waals surface area contributed by atoms with Crippen LogP contribution in [0.4, 0.5) is 0 Å². The van der Waals surface area contributed by atoms with Crippen molar-refractivity contribution in [2.75, 3.05) is 24.6 Å². The van der Waals surface area contributed by atoms with Crippen molar-refractivity contribution in [2.24, 2.45) is 0 Å². The van der Waals surface area contributed by atoms with E-state index >= 15 is 0 Å². The van der Waals surface area contributed by atoms with E-state index in [9.17, 15) is 0 Å². The number of hydrogen-bond acceptors (Lipinski definition) is 0. The van der Waals surface area contributed by atoms with Crippen LogP contribution in [0.5, 0.6) is 0 Å². The zero-order chi connectivity index (χ0) is 39.2. The summed E-state index contributed by atoms with van der Waals surface area (Å²) in [4.78, 5) is 0. The van der Waals surface area contributed by atoms with E-state index in [2.05, 4.69) is 149 Å². The molecule has 0 saturated carbocycles. The molecule has 0 spiro atoms. The molecule has 0 bridgehead atoms. The van der Waals surface area contributed by atoms with Crippen molar-refractivity contribution >= 4 is 48.0 Å². The number of fused-ring (bicyclic) bond motifs is 2. The van der Waals surface area contributed by atoms with Crippen LogP contribution in [-0.4, -0.2) is 24.6 Å². The molecule has 0 heterocycles. The van der Waals surface area contributed by atoms with Gasteiger partial charge in [0.2, 0.25) is 0 Å². The molecule has 0 aliphatic carbocycles. The van der Waals surface area contributed by atoms with Crippen molar-refractivity contribution in [1.82, 2.24) is 0 Å². The molecule has 0 amide bonds. The summed E-state index contributed by atoms with van der Waals surface area (Å²) in [7, 11) is -0.0342. The molecule has 0 atom stereocenters. The van der Waals surface area contributed by atoms with Crippen LogP contribution in [0.1, 0.15) is 130 Å². The maximum absolute atomic E-state index is 2.53. The Labute approximate surface area is 390 Å². The third-order valence-corrected chi connectivity index (χ3v) is 16.9. The van der Waals surface area contributed by atoms with E-state index in [0.717, 1.165) is 0 Å². The normalized spacial score (nSPS) is 10.9. The molecule has 59 heavy (non-hydrogen) atoms. The fourth-order valence-electron chi connectivity index (χ4n) is 8.20. The maximum Gasteiger partial charge on any atom is 4.00 e. The predicted octanol–water partition coefficient (Wildman–Crippen LogP) is 11.0. The summed E-state index contributed by atoms with van der Waals surface area (Å²) >= 11 is 0. The third-order valence-electron chi connectivity index (χ3n) is 11.5. The monoisotopic (exact) mass is 900 g/mol. The van der Waals surface area contributed by atoms with Gasteiger partial charge in [-0.25, -0.2) is 0 Å². The van der Waals surface area contributed by atoms with Crippen molar-refractivity contribution in [3.05, 3.63) is 121 Å². The SMILES string of the molecule is CCCCCCP(CCCCCC)c1cc2c(-c3ccccc3)cccc2[cH-]1.CCCCCCP(CCCCCC)c1cc2c(-c3ccccc3)cccc2[cH-]1.[Cl-].[Cl-].[Ti+4]. The van der Waals surface area contributed by atoms with Gasteiger partial charge in [0, 0.05) is 0 Å². The Morgan fingerprint density at radius 1 is 0.373 bits per heavy atom. The Hall–Kier alpha value is -1.75. The summed E-state index contributed by atoms with van der Waals surface area (Å²) in [5.41, 5.74) is 5.44. The van der Waals surface area contributed by atoms with Crippen LogP contribution in [0.3, 0.4) is 0 Å². The minimum absolute atomic E-state index is 0. The number of rotatable bonds is 24. The minimum Gasteiger partial charge on any atom is -1.00 e. The van der Waals surface area contributed by atoms with Gasteiger partial charge < -0.3 is 24.8 Å². The molecule has 0 N–H and O–H groups in total. The molecule has 6 aromatic rings. The van der Waals surface area contributed by atoms with Crippen molar-refractivity contribution in [2.45, 2.75) is 130 Å². The predicted molar refractivity (Wildman–Crippen MR) is 259 cm³/mol. The largest absolute Gasteiger partial charge is 4.00 e. The maximum atomic E-state index is 2.53. The summed E-state index contributed by atoms with van der Waals surface area (Å²) in [5, 5.41) is 9.01. The Balaban J connectivity index is 0.000000387. The van der Waals surface area contributed by atoms with Gasteiger partial charge in [-0.1, -0.05) is 205 Å². The fraction of sp³-hybridized carbons (Fsp3) is 0.444. The van der Waals surface area contributed by atoms with Gasteiger partial charge in [-0.15, -0.1) is 68.6 Å². The van der Waals surface area contributed by atoms with Crippen LogP contribution in [0, 0.1) is 0 Å². The van der Waals surface area contributed by atoms with Crippen LogP contribution in [0.25, 0.3) is 43.8 Å². The quantitative estimate of drug-likeness (QED) is 0.0246. The Kier molecular flexibility index (Phi) is 28.2. The molecule has 6 rings (SSSR count). The second kappa shape index (κ2) is 31.1. The van der Waals surface area contributed by atoms with Crippen molar-refractivity contribution in [1.29, 1.82) is 0 Å². The van der Waals surface area contributed by atoms with Crippen LogP contribution in [0.2, 0.25) is 0 Å². The molecule has 0 aromatic heterocycles. The Morgan fingerprint density at radius 3 is 1.00 bits per heavy atom. The second-order valence-electron chi connectivity index (χ2n) is 16.0. The third kappa shape index (κ3) is 17.2. The average Bonchev–Trinajstić information content (AvgIpc) is 3.89. The summed E-state index contributed by atoms with van der Waals surface area (Å²) in [5.74, 6) is 0. The minimum atomic E-state index is -0.0171.